The van der Waals surface area contributed by atoms with Crippen molar-refractivity contribution in [3.8, 4) is 0 Å². The van der Waals surface area contributed by atoms with Crippen molar-refractivity contribution in [2.75, 3.05) is 6.54 Å². The third kappa shape index (κ3) is 3.69. The molecule has 0 saturated heterocycles. The van der Waals surface area contributed by atoms with Gasteiger partial charge in [-0.2, -0.15) is 0 Å². The van der Waals surface area contributed by atoms with Crippen molar-refractivity contribution in [2.24, 2.45) is 17.4 Å². The minimum absolute atomic E-state index is 0.0477. The molecule has 2 aliphatic rings. The molecule has 19 heavy (non-hydrogen) atoms. The summed E-state index contributed by atoms with van der Waals surface area (Å²) in [5, 5.41) is 3.07. The van der Waals surface area contributed by atoms with Crippen LogP contribution < -0.4 is 16.8 Å². The summed E-state index contributed by atoms with van der Waals surface area (Å²) in [4.78, 5) is 12.4. The molecule has 1 amide bonds. The SMILES string of the molecule is CC1(N)CCCCC1C(=O)NCC1(N)CCCCC1. The fourth-order valence-corrected chi connectivity index (χ4v) is 3.61. The summed E-state index contributed by atoms with van der Waals surface area (Å²) >= 11 is 0. The fourth-order valence-electron chi connectivity index (χ4n) is 3.61. The highest BCUT2D eigenvalue weighted by atomic mass is 16.1. The second-order valence-electron chi connectivity index (χ2n) is 6.95. The Morgan fingerprint density at radius 1 is 1.11 bits per heavy atom. The molecule has 2 saturated carbocycles. The van der Waals surface area contributed by atoms with E-state index in [9.17, 15) is 4.79 Å². The Morgan fingerprint density at radius 3 is 2.37 bits per heavy atom. The molecule has 0 aromatic rings. The smallest absolute Gasteiger partial charge is 0.225 e. The van der Waals surface area contributed by atoms with Crippen molar-refractivity contribution >= 4 is 5.91 Å². The van der Waals surface area contributed by atoms with Gasteiger partial charge in [-0.1, -0.05) is 32.1 Å². The van der Waals surface area contributed by atoms with Crippen molar-refractivity contribution in [1.82, 2.24) is 5.32 Å². The van der Waals surface area contributed by atoms with Gasteiger partial charge >= 0.3 is 0 Å². The van der Waals surface area contributed by atoms with Crippen LogP contribution in [-0.2, 0) is 4.79 Å². The molecule has 110 valence electrons. The Kier molecular flexibility index (Phi) is 4.51. The molecule has 0 aliphatic heterocycles. The molecule has 0 aromatic carbocycles. The van der Waals surface area contributed by atoms with Crippen LogP contribution in [0.4, 0.5) is 0 Å². The van der Waals surface area contributed by atoms with Crippen LogP contribution >= 0.6 is 0 Å². The lowest BCUT2D eigenvalue weighted by Crippen LogP contribution is -2.57. The molecular formula is C15H29N3O. The first-order valence-corrected chi connectivity index (χ1v) is 7.78. The number of nitrogens with one attached hydrogen (secondary N) is 1. The second-order valence-corrected chi connectivity index (χ2v) is 6.95. The standard InChI is InChI=1S/C15H29N3O/c1-14(16)8-6-3-7-12(14)13(19)18-11-15(17)9-4-2-5-10-15/h12H,2-11,16-17H2,1H3,(H,18,19). The molecule has 0 bridgehead atoms. The Balaban J connectivity index is 1.86. The number of nitrogens with two attached hydrogens (primary N) is 2. The number of hydrogen-bond donors (Lipinski definition) is 3. The van der Waals surface area contributed by atoms with E-state index >= 15 is 0 Å². The molecule has 0 spiro atoms. The lowest BCUT2D eigenvalue weighted by atomic mass is 9.74. The zero-order valence-electron chi connectivity index (χ0n) is 12.2. The van der Waals surface area contributed by atoms with Gasteiger partial charge in [-0.05, 0) is 32.6 Å². The van der Waals surface area contributed by atoms with Crippen LogP contribution in [0, 0.1) is 5.92 Å². The zero-order valence-corrected chi connectivity index (χ0v) is 12.2. The van der Waals surface area contributed by atoms with Gasteiger partial charge in [-0.15, -0.1) is 0 Å². The third-order valence-corrected chi connectivity index (χ3v) is 5.03. The maximum Gasteiger partial charge on any atom is 0.225 e. The highest BCUT2D eigenvalue weighted by molar-refractivity contribution is 5.80. The van der Waals surface area contributed by atoms with Crippen LogP contribution in [0.5, 0.6) is 0 Å². The predicted octanol–water partition coefficient (Wildman–Crippen LogP) is 1.67. The van der Waals surface area contributed by atoms with Gasteiger partial charge in [0.2, 0.25) is 5.91 Å². The molecule has 2 aliphatic carbocycles. The Bertz CT molecular complexity index is 321. The maximum absolute atomic E-state index is 12.4. The van der Waals surface area contributed by atoms with E-state index in [-0.39, 0.29) is 22.9 Å². The van der Waals surface area contributed by atoms with Gasteiger partial charge in [0.25, 0.3) is 0 Å². The average molecular weight is 267 g/mol. The van der Waals surface area contributed by atoms with Crippen molar-refractivity contribution in [3.05, 3.63) is 0 Å². The molecule has 5 N–H and O–H groups in total. The van der Waals surface area contributed by atoms with Gasteiger partial charge in [0.1, 0.15) is 0 Å². The molecule has 0 heterocycles. The highest BCUT2D eigenvalue weighted by Crippen LogP contribution is 2.32. The molecule has 2 rings (SSSR count). The highest BCUT2D eigenvalue weighted by Gasteiger charge is 2.38. The van der Waals surface area contributed by atoms with Crippen LogP contribution in [-0.4, -0.2) is 23.5 Å². The quantitative estimate of drug-likeness (QED) is 0.727. The lowest BCUT2D eigenvalue weighted by Gasteiger charge is -2.39. The number of amides is 1. The predicted molar refractivity (Wildman–Crippen MR) is 77.6 cm³/mol. The number of hydrogen-bond acceptors (Lipinski definition) is 3. The topological polar surface area (TPSA) is 81.1 Å². The van der Waals surface area contributed by atoms with Crippen molar-refractivity contribution < 1.29 is 4.79 Å². The van der Waals surface area contributed by atoms with E-state index in [4.69, 9.17) is 11.5 Å². The van der Waals surface area contributed by atoms with Crippen LogP contribution in [0.25, 0.3) is 0 Å². The van der Waals surface area contributed by atoms with E-state index in [0.717, 1.165) is 38.5 Å². The second kappa shape index (κ2) is 5.80. The Labute approximate surface area is 116 Å². The first-order chi connectivity index (χ1) is 8.93. The molecule has 4 nitrogen and oxygen atoms in total. The van der Waals surface area contributed by atoms with Crippen LogP contribution in [0.15, 0.2) is 0 Å². The van der Waals surface area contributed by atoms with Crippen molar-refractivity contribution in [1.29, 1.82) is 0 Å². The van der Waals surface area contributed by atoms with Crippen molar-refractivity contribution in [2.45, 2.75) is 75.8 Å². The summed E-state index contributed by atoms with van der Waals surface area (Å²) in [6.07, 6.45) is 9.80. The van der Waals surface area contributed by atoms with Gasteiger partial charge < -0.3 is 16.8 Å². The van der Waals surface area contributed by atoms with E-state index < -0.39 is 0 Å². The lowest BCUT2D eigenvalue weighted by molar-refractivity contribution is -0.128. The summed E-state index contributed by atoms with van der Waals surface area (Å²) in [6.45, 7) is 2.62. The molecule has 4 heteroatoms. The molecule has 0 aromatic heterocycles. The van der Waals surface area contributed by atoms with Gasteiger partial charge in [0, 0.05) is 17.6 Å². The Hall–Kier alpha value is -0.610. The number of carbonyl (C=O) groups is 1. The van der Waals surface area contributed by atoms with Gasteiger partial charge in [0.05, 0.1) is 5.92 Å². The summed E-state index contributed by atoms with van der Waals surface area (Å²) in [6, 6.07) is 0. The van der Waals surface area contributed by atoms with E-state index in [1.807, 2.05) is 6.92 Å². The molecular weight excluding hydrogens is 238 g/mol. The van der Waals surface area contributed by atoms with Gasteiger partial charge in [-0.25, -0.2) is 0 Å². The summed E-state index contributed by atoms with van der Waals surface area (Å²) in [5.74, 6) is 0.0635. The maximum atomic E-state index is 12.4. The number of rotatable bonds is 3. The summed E-state index contributed by atoms with van der Waals surface area (Å²) < 4.78 is 0. The molecule has 2 atom stereocenters. The molecule has 2 fully saturated rings. The number of carbonyl (C=O) groups excluding carboxylic acids is 1. The van der Waals surface area contributed by atoms with Crippen LogP contribution in [0.1, 0.15) is 64.7 Å². The van der Waals surface area contributed by atoms with E-state index in [1.165, 1.54) is 19.3 Å². The minimum Gasteiger partial charge on any atom is -0.354 e. The first-order valence-electron chi connectivity index (χ1n) is 7.78. The summed E-state index contributed by atoms with van der Waals surface area (Å²) in [7, 11) is 0. The van der Waals surface area contributed by atoms with E-state index in [0.29, 0.717) is 6.54 Å². The van der Waals surface area contributed by atoms with E-state index in [1.54, 1.807) is 0 Å². The van der Waals surface area contributed by atoms with Crippen molar-refractivity contribution in [3.63, 3.8) is 0 Å². The monoisotopic (exact) mass is 267 g/mol. The van der Waals surface area contributed by atoms with Crippen LogP contribution in [0.3, 0.4) is 0 Å². The third-order valence-electron chi connectivity index (χ3n) is 5.03. The van der Waals surface area contributed by atoms with Gasteiger partial charge in [0.15, 0.2) is 0 Å². The normalized spacial score (nSPS) is 34.8. The minimum atomic E-state index is -0.351. The van der Waals surface area contributed by atoms with Crippen LogP contribution in [0.2, 0.25) is 0 Å². The summed E-state index contributed by atoms with van der Waals surface area (Å²) in [5.41, 5.74) is 12.1. The first kappa shape index (κ1) is 14.8. The van der Waals surface area contributed by atoms with Gasteiger partial charge in [-0.3, -0.25) is 4.79 Å². The molecule has 2 unspecified atom stereocenters. The Morgan fingerprint density at radius 2 is 1.74 bits per heavy atom. The molecule has 0 radical (unpaired) electrons. The average Bonchev–Trinajstić information content (AvgIpc) is 2.36. The largest absolute Gasteiger partial charge is 0.354 e. The van der Waals surface area contributed by atoms with E-state index in [2.05, 4.69) is 5.32 Å². The zero-order chi connectivity index (χ0) is 13.9. The fraction of sp³-hybridized carbons (Fsp3) is 0.933.